The molecular formula is C15H10BrClN2O. The van der Waals surface area contributed by atoms with Crippen LogP contribution in [0.25, 0.3) is 11.4 Å². The zero-order valence-electron chi connectivity index (χ0n) is 10.3. The number of aromatic nitrogens is 2. The average Bonchev–Trinajstić information content (AvgIpc) is 2.98. The van der Waals surface area contributed by atoms with Gasteiger partial charge in [-0.15, -0.1) is 0 Å². The molecule has 1 unspecified atom stereocenters. The summed E-state index contributed by atoms with van der Waals surface area (Å²) in [6.07, 6.45) is 0. The van der Waals surface area contributed by atoms with Crippen LogP contribution < -0.4 is 0 Å². The highest BCUT2D eigenvalue weighted by Crippen LogP contribution is 2.30. The molecule has 0 N–H and O–H groups in total. The molecule has 1 aromatic heterocycles. The molecule has 0 saturated carbocycles. The highest BCUT2D eigenvalue weighted by molar-refractivity contribution is 9.09. The van der Waals surface area contributed by atoms with Crippen molar-refractivity contribution in [3.8, 4) is 11.4 Å². The van der Waals surface area contributed by atoms with Gasteiger partial charge < -0.3 is 4.52 Å². The molecule has 1 heterocycles. The number of rotatable bonds is 3. The van der Waals surface area contributed by atoms with E-state index in [1.165, 1.54) is 0 Å². The summed E-state index contributed by atoms with van der Waals surface area (Å²) in [7, 11) is 0. The fraction of sp³-hybridized carbons (Fsp3) is 0.0667. The van der Waals surface area contributed by atoms with Crippen molar-refractivity contribution in [3.63, 3.8) is 0 Å². The van der Waals surface area contributed by atoms with Crippen LogP contribution in [0.5, 0.6) is 0 Å². The number of hydrogen-bond donors (Lipinski definition) is 0. The fourth-order valence-corrected chi connectivity index (χ4v) is 2.44. The van der Waals surface area contributed by atoms with Crippen LogP contribution in [0.3, 0.4) is 0 Å². The van der Waals surface area contributed by atoms with Crippen molar-refractivity contribution in [3.05, 3.63) is 71.1 Å². The van der Waals surface area contributed by atoms with Crippen molar-refractivity contribution >= 4 is 27.5 Å². The van der Waals surface area contributed by atoms with Gasteiger partial charge in [0.1, 0.15) is 4.83 Å². The first-order valence-corrected chi connectivity index (χ1v) is 7.32. The summed E-state index contributed by atoms with van der Waals surface area (Å²) in [4.78, 5) is 4.31. The van der Waals surface area contributed by atoms with Crippen molar-refractivity contribution in [2.24, 2.45) is 0 Å². The van der Waals surface area contributed by atoms with Gasteiger partial charge in [0, 0.05) is 10.6 Å². The summed E-state index contributed by atoms with van der Waals surface area (Å²) >= 11 is 9.44. The van der Waals surface area contributed by atoms with Crippen molar-refractivity contribution in [2.75, 3.05) is 0 Å². The van der Waals surface area contributed by atoms with Gasteiger partial charge in [0.05, 0.1) is 0 Å². The van der Waals surface area contributed by atoms with Crippen LogP contribution in [-0.4, -0.2) is 10.1 Å². The summed E-state index contributed by atoms with van der Waals surface area (Å²) in [5.74, 6) is 1.08. The van der Waals surface area contributed by atoms with E-state index >= 15 is 0 Å². The third kappa shape index (κ3) is 2.76. The number of nitrogens with zero attached hydrogens (tertiary/aromatic N) is 2. The van der Waals surface area contributed by atoms with Crippen LogP contribution in [-0.2, 0) is 0 Å². The molecule has 0 bridgehead atoms. The summed E-state index contributed by atoms with van der Waals surface area (Å²) in [5, 5.41) is 4.68. The SMILES string of the molecule is Clc1ccc(-c2noc(C(Br)c3ccccc3)n2)cc1. The van der Waals surface area contributed by atoms with Crippen molar-refractivity contribution in [1.29, 1.82) is 0 Å². The van der Waals surface area contributed by atoms with E-state index in [4.69, 9.17) is 16.1 Å². The predicted molar refractivity (Wildman–Crippen MR) is 82.0 cm³/mol. The van der Waals surface area contributed by atoms with E-state index in [-0.39, 0.29) is 4.83 Å². The normalized spacial score (nSPS) is 12.3. The predicted octanol–water partition coefficient (Wildman–Crippen LogP) is 4.87. The Hall–Kier alpha value is -1.65. The first kappa shape index (κ1) is 13.3. The molecule has 20 heavy (non-hydrogen) atoms. The van der Waals surface area contributed by atoms with E-state index < -0.39 is 0 Å². The highest BCUT2D eigenvalue weighted by atomic mass is 79.9. The smallest absolute Gasteiger partial charge is 0.245 e. The van der Waals surface area contributed by atoms with Gasteiger partial charge in [0.15, 0.2) is 0 Å². The number of alkyl halides is 1. The Labute approximate surface area is 129 Å². The monoisotopic (exact) mass is 348 g/mol. The molecule has 0 saturated heterocycles. The van der Waals surface area contributed by atoms with Crippen LogP contribution in [0.1, 0.15) is 16.3 Å². The lowest BCUT2D eigenvalue weighted by Crippen LogP contribution is -1.92. The Kier molecular flexibility index (Phi) is 3.85. The minimum Gasteiger partial charge on any atom is -0.337 e. The molecule has 0 spiro atoms. The molecule has 0 fully saturated rings. The standard InChI is InChI=1S/C15H10BrClN2O/c16-13(10-4-2-1-3-5-10)15-18-14(19-20-15)11-6-8-12(17)9-7-11/h1-9,13H. The molecular weight excluding hydrogens is 340 g/mol. The van der Waals surface area contributed by atoms with E-state index in [0.717, 1.165) is 11.1 Å². The molecule has 0 aliphatic carbocycles. The lowest BCUT2D eigenvalue weighted by atomic mass is 10.1. The van der Waals surface area contributed by atoms with Crippen LogP contribution in [0.2, 0.25) is 5.02 Å². The minimum absolute atomic E-state index is 0.114. The second-order valence-corrected chi connectivity index (χ2v) is 5.59. The van der Waals surface area contributed by atoms with E-state index in [1.807, 2.05) is 42.5 Å². The Morgan fingerprint density at radius 3 is 2.40 bits per heavy atom. The number of halogens is 2. The lowest BCUT2D eigenvalue weighted by molar-refractivity contribution is 0.385. The van der Waals surface area contributed by atoms with E-state index in [2.05, 4.69) is 26.1 Å². The second kappa shape index (κ2) is 5.77. The van der Waals surface area contributed by atoms with Crippen LogP contribution >= 0.6 is 27.5 Å². The first-order chi connectivity index (χ1) is 9.74. The van der Waals surface area contributed by atoms with E-state index in [9.17, 15) is 0 Å². The molecule has 0 amide bonds. The maximum Gasteiger partial charge on any atom is 0.245 e. The van der Waals surface area contributed by atoms with Crippen LogP contribution in [0, 0.1) is 0 Å². The molecule has 3 nitrogen and oxygen atoms in total. The maximum absolute atomic E-state index is 5.86. The summed E-state index contributed by atoms with van der Waals surface area (Å²) in [6, 6.07) is 17.3. The van der Waals surface area contributed by atoms with E-state index in [0.29, 0.717) is 16.7 Å². The van der Waals surface area contributed by atoms with Crippen molar-refractivity contribution < 1.29 is 4.52 Å². The summed E-state index contributed by atoms with van der Waals surface area (Å²) < 4.78 is 5.32. The Morgan fingerprint density at radius 2 is 1.70 bits per heavy atom. The van der Waals surface area contributed by atoms with Gasteiger partial charge in [0.25, 0.3) is 0 Å². The number of hydrogen-bond acceptors (Lipinski definition) is 3. The largest absolute Gasteiger partial charge is 0.337 e. The molecule has 0 radical (unpaired) electrons. The molecule has 0 aliphatic rings. The summed E-state index contributed by atoms with van der Waals surface area (Å²) in [6.45, 7) is 0. The molecule has 5 heteroatoms. The van der Waals surface area contributed by atoms with Gasteiger partial charge in [-0.1, -0.05) is 63.0 Å². The van der Waals surface area contributed by atoms with Gasteiger partial charge in [-0.2, -0.15) is 4.98 Å². The lowest BCUT2D eigenvalue weighted by Gasteiger charge is -2.03. The third-order valence-electron chi connectivity index (χ3n) is 2.85. The first-order valence-electron chi connectivity index (χ1n) is 6.02. The Morgan fingerprint density at radius 1 is 1.00 bits per heavy atom. The van der Waals surface area contributed by atoms with Crippen LogP contribution in [0.15, 0.2) is 59.1 Å². The Balaban J connectivity index is 1.89. The average molecular weight is 350 g/mol. The maximum atomic E-state index is 5.86. The van der Waals surface area contributed by atoms with Gasteiger partial charge in [-0.3, -0.25) is 0 Å². The summed E-state index contributed by atoms with van der Waals surface area (Å²) in [5.41, 5.74) is 1.94. The molecule has 3 aromatic rings. The number of benzene rings is 2. The Bertz CT molecular complexity index is 697. The van der Waals surface area contributed by atoms with E-state index in [1.54, 1.807) is 12.1 Å². The van der Waals surface area contributed by atoms with Gasteiger partial charge in [0.2, 0.25) is 11.7 Å². The van der Waals surface area contributed by atoms with Crippen LogP contribution in [0.4, 0.5) is 0 Å². The fourth-order valence-electron chi connectivity index (χ4n) is 1.82. The topological polar surface area (TPSA) is 38.9 Å². The molecule has 0 aliphatic heterocycles. The molecule has 3 rings (SSSR count). The molecule has 1 atom stereocenters. The zero-order valence-corrected chi connectivity index (χ0v) is 12.7. The van der Waals surface area contributed by atoms with Crippen molar-refractivity contribution in [1.82, 2.24) is 10.1 Å². The second-order valence-electron chi connectivity index (χ2n) is 4.24. The minimum atomic E-state index is -0.114. The van der Waals surface area contributed by atoms with Gasteiger partial charge in [-0.25, -0.2) is 0 Å². The molecule has 100 valence electrons. The third-order valence-corrected chi connectivity index (χ3v) is 4.03. The van der Waals surface area contributed by atoms with Gasteiger partial charge >= 0.3 is 0 Å². The van der Waals surface area contributed by atoms with Crippen molar-refractivity contribution in [2.45, 2.75) is 4.83 Å². The van der Waals surface area contributed by atoms with Gasteiger partial charge in [-0.05, 0) is 29.8 Å². The quantitative estimate of drug-likeness (QED) is 0.633. The zero-order chi connectivity index (χ0) is 13.9. The highest BCUT2D eigenvalue weighted by Gasteiger charge is 2.18. The molecule has 2 aromatic carbocycles.